The minimum atomic E-state index is -0.441. The topological polar surface area (TPSA) is 116 Å². The van der Waals surface area contributed by atoms with Crippen LogP contribution < -0.4 is 15.4 Å². The summed E-state index contributed by atoms with van der Waals surface area (Å²) in [4.78, 5) is 22.7. The van der Waals surface area contributed by atoms with Gasteiger partial charge >= 0.3 is 0 Å². The van der Waals surface area contributed by atoms with Crippen molar-refractivity contribution in [3.63, 3.8) is 0 Å². The molecule has 0 radical (unpaired) electrons. The van der Waals surface area contributed by atoms with Gasteiger partial charge in [0.1, 0.15) is 13.5 Å². The van der Waals surface area contributed by atoms with E-state index in [-0.39, 0.29) is 17.8 Å². The van der Waals surface area contributed by atoms with Gasteiger partial charge in [0.2, 0.25) is 5.95 Å². The van der Waals surface area contributed by atoms with Gasteiger partial charge in [0.25, 0.3) is 11.9 Å². The van der Waals surface area contributed by atoms with Gasteiger partial charge in [-0.25, -0.2) is 10.5 Å². The molecule has 10 nitrogen and oxygen atoms in total. The fourth-order valence-electron chi connectivity index (χ4n) is 1.03. The largest absolute Gasteiger partial charge is 0.376 e. The Balaban J connectivity index is 3.12. The van der Waals surface area contributed by atoms with E-state index in [1.54, 1.807) is 7.05 Å². The minimum Gasteiger partial charge on any atom is -0.376 e. The lowest BCUT2D eigenvalue weighted by atomic mass is 10.7. The summed E-state index contributed by atoms with van der Waals surface area (Å²) in [5.74, 6) is 0.385. The third-order valence-electron chi connectivity index (χ3n) is 1.98. The van der Waals surface area contributed by atoms with E-state index in [1.165, 1.54) is 19.3 Å². The van der Waals surface area contributed by atoms with Gasteiger partial charge in [-0.1, -0.05) is 0 Å². The summed E-state index contributed by atoms with van der Waals surface area (Å²) in [6.45, 7) is -0.883. The molecule has 0 atom stereocenters. The Morgan fingerprint density at radius 3 is 2.22 bits per heavy atom. The monoisotopic (exact) mass is 260 g/mol. The Bertz CT molecular complexity index is 375. The summed E-state index contributed by atoms with van der Waals surface area (Å²) >= 11 is 0. The molecule has 1 heterocycles. The van der Waals surface area contributed by atoms with E-state index in [4.69, 9.17) is 19.9 Å². The normalized spacial score (nSPS) is 10.3. The van der Waals surface area contributed by atoms with Crippen LogP contribution in [0.15, 0.2) is 0 Å². The van der Waals surface area contributed by atoms with Crippen LogP contribution >= 0.6 is 0 Å². The zero-order valence-corrected chi connectivity index (χ0v) is 10.4. The SMILES string of the molecule is CONc1nc(N(CO)CO)nc(N(C)OC)n1. The number of aromatic nitrogens is 3. The number of rotatable bonds is 7. The predicted molar refractivity (Wildman–Crippen MR) is 62.5 cm³/mol. The van der Waals surface area contributed by atoms with Crippen LogP contribution in [0.5, 0.6) is 0 Å². The third kappa shape index (κ3) is 3.37. The molecule has 0 saturated carbocycles. The fourth-order valence-corrected chi connectivity index (χ4v) is 1.03. The average Bonchev–Trinajstić information content (AvgIpc) is 2.39. The van der Waals surface area contributed by atoms with Gasteiger partial charge in [-0.15, -0.1) is 0 Å². The molecule has 0 aromatic carbocycles. The first-order valence-corrected chi connectivity index (χ1v) is 4.95. The van der Waals surface area contributed by atoms with Gasteiger partial charge in [0.15, 0.2) is 0 Å². The van der Waals surface area contributed by atoms with Crippen molar-refractivity contribution in [3.05, 3.63) is 0 Å². The third-order valence-corrected chi connectivity index (χ3v) is 1.98. The number of hydrogen-bond acceptors (Lipinski definition) is 10. The lowest BCUT2D eigenvalue weighted by Crippen LogP contribution is -2.29. The minimum absolute atomic E-state index is 0.0773. The van der Waals surface area contributed by atoms with Gasteiger partial charge in [0.05, 0.1) is 14.2 Å². The molecule has 10 heteroatoms. The highest BCUT2D eigenvalue weighted by molar-refractivity contribution is 5.42. The van der Waals surface area contributed by atoms with Gasteiger partial charge in [-0.3, -0.25) is 14.6 Å². The van der Waals surface area contributed by atoms with E-state index in [0.29, 0.717) is 0 Å². The van der Waals surface area contributed by atoms with Crippen molar-refractivity contribution in [2.45, 2.75) is 0 Å². The molecule has 0 amide bonds. The molecule has 1 aromatic heterocycles. The Labute approximate surface area is 104 Å². The van der Waals surface area contributed by atoms with Crippen molar-refractivity contribution in [1.29, 1.82) is 0 Å². The molecule has 0 spiro atoms. The van der Waals surface area contributed by atoms with E-state index < -0.39 is 13.5 Å². The Morgan fingerprint density at radius 2 is 1.72 bits per heavy atom. The van der Waals surface area contributed by atoms with E-state index in [9.17, 15) is 0 Å². The fraction of sp³-hybridized carbons (Fsp3) is 0.625. The molecule has 18 heavy (non-hydrogen) atoms. The molecule has 1 rings (SSSR count). The van der Waals surface area contributed by atoms with Crippen molar-refractivity contribution in [2.24, 2.45) is 0 Å². The molecule has 0 bridgehead atoms. The lowest BCUT2D eigenvalue weighted by molar-refractivity contribution is 0.179. The second-order valence-corrected chi connectivity index (χ2v) is 3.07. The molecular formula is C8H16N6O4. The van der Waals surface area contributed by atoms with Crippen LogP contribution in [0.1, 0.15) is 0 Å². The maximum atomic E-state index is 9.06. The van der Waals surface area contributed by atoms with Crippen LogP contribution in [0.4, 0.5) is 17.8 Å². The number of anilines is 3. The van der Waals surface area contributed by atoms with Gasteiger partial charge < -0.3 is 10.2 Å². The van der Waals surface area contributed by atoms with E-state index in [2.05, 4.69) is 20.4 Å². The first-order valence-electron chi connectivity index (χ1n) is 4.95. The summed E-state index contributed by atoms with van der Waals surface area (Å²) in [6.07, 6.45) is 0. The summed E-state index contributed by atoms with van der Waals surface area (Å²) in [7, 11) is 4.44. The summed E-state index contributed by atoms with van der Waals surface area (Å²) in [6, 6.07) is 0. The smallest absolute Gasteiger partial charge is 0.256 e. The molecule has 0 saturated heterocycles. The zero-order valence-electron chi connectivity index (χ0n) is 10.4. The first-order chi connectivity index (χ1) is 8.65. The first kappa shape index (κ1) is 14.3. The Kier molecular flexibility index (Phi) is 5.45. The molecular weight excluding hydrogens is 244 g/mol. The van der Waals surface area contributed by atoms with Gasteiger partial charge in [-0.2, -0.15) is 15.0 Å². The number of hydroxylamine groups is 1. The van der Waals surface area contributed by atoms with Crippen LogP contribution in [-0.2, 0) is 9.68 Å². The van der Waals surface area contributed by atoms with Crippen LogP contribution in [0.25, 0.3) is 0 Å². The Morgan fingerprint density at radius 1 is 1.11 bits per heavy atom. The van der Waals surface area contributed by atoms with Crippen LogP contribution in [0.3, 0.4) is 0 Å². The Hall–Kier alpha value is -1.75. The highest BCUT2D eigenvalue weighted by Crippen LogP contribution is 2.15. The average molecular weight is 260 g/mol. The molecule has 0 fully saturated rings. The van der Waals surface area contributed by atoms with Crippen molar-refractivity contribution in [1.82, 2.24) is 15.0 Å². The maximum Gasteiger partial charge on any atom is 0.256 e. The maximum absolute atomic E-state index is 9.06. The van der Waals surface area contributed by atoms with E-state index >= 15 is 0 Å². The van der Waals surface area contributed by atoms with E-state index in [0.717, 1.165) is 4.90 Å². The van der Waals surface area contributed by atoms with Crippen molar-refractivity contribution in [2.75, 3.05) is 50.2 Å². The highest BCUT2D eigenvalue weighted by atomic mass is 16.7. The predicted octanol–water partition coefficient (Wildman–Crippen LogP) is -1.45. The molecule has 0 aliphatic carbocycles. The number of nitrogens with zero attached hydrogens (tertiary/aromatic N) is 5. The molecule has 102 valence electrons. The van der Waals surface area contributed by atoms with Gasteiger partial charge in [0, 0.05) is 7.05 Å². The van der Waals surface area contributed by atoms with E-state index in [1.807, 2.05) is 0 Å². The lowest BCUT2D eigenvalue weighted by Gasteiger charge is -2.20. The number of aliphatic hydroxyl groups is 2. The standard InChI is InChI=1S/C8H16N6O4/c1-13(18-3)7-9-6(12-17-2)10-8(11-7)14(4-15)5-16/h15-16H,4-5H2,1-3H3,(H,9,10,11,12). The molecule has 1 aromatic rings. The van der Waals surface area contributed by atoms with Crippen LogP contribution in [0, 0.1) is 0 Å². The molecule has 0 unspecified atom stereocenters. The zero-order chi connectivity index (χ0) is 13.5. The number of hydrogen-bond donors (Lipinski definition) is 3. The molecule has 3 N–H and O–H groups in total. The second kappa shape index (κ2) is 6.86. The molecule has 0 aliphatic heterocycles. The van der Waals surface area contributed by atoms with Crippen LogP contribution in [-0.4, -0.2) is 59.9 Å². The summed E-state index contributed by atoms with van der Waals surface area (Å²) < 4.78 is 0. The van der Waals surface area contributed by atoms with Crippen molar-refractivity contribution >= 4 is 17.8 Å². The number of nitrogens with one attached hydrogen (secondary N) is 1. The molecule has 0 aliphatic rings. The van der Waals surface area contributed by atoms with Crippen molar-refractivity contribution < 1.29 is 19.9 Å². The van der Waals surface area contributed by atoms with Crippen molar-refractivity contribution in [3.8, 4) is 0 Å². The quantitative estimate of drug-likeness (QED) is 0.397. The summed E-state index contributed by atoms with van der Waals surface area (Å²) in [5.41, 5.74) is 2.44. The second-order valence-electron chi connectivity index (χ2n) is 3.07. The number of aliphatic hydroxyl groups excluding tert-OH is 2. The summed E-state index contributed by atoms with van der Waals surface area (Å²) in [5, 5.41) is 19.4. The highest BCUT2D eigenvalue weighted by Gasteiger charge is 2.14. The van der Waals surface area contributed by atoms with Gasteiger partial charge in [-0.05, 0) is 0 Å². The van der Waals surface area contributed by atoms with Crippen LogP contribution in [0.2, 0.25) is 0 Å².